The number of aromatic nitrogens is 1. The molecule has 1 saturated carbocycles. The number of aryl methyl sites for hydroxylation is 2. The largest absolute Gasteiger partial charge is 0.360 e. The summed E-state index contributed by atoms with van der Waals surface area (Å²) in [5, 5.41) is 5.42. The van der Waals surface area contributed by atoms with Gasteiger partial charge in [-0.3, -0.25) is 4.79 Å². The summed E-state index contributed by atoms with van der Waals surface area (Å²) in [6.07, 6.45) is 6.23. The van der Waals surface area contributed by atoms with Crippen molar-refractivity contribution in [1.82, 2.24) is 15.2 Å². The summed E-state index contributed by atoms with van der Waals surface area (Å²) >= 11 is 5.78. The van der Waals surface area contributed by atoms with E-state index >= 15 is 0 Å². The molecule has 158 valence electrons. The summed E-state index contributed by atoms with van der Waals surface area (Å²) in [4.78, 5) is 19.4. The van der Waals surface area contributed by atoms with E-state index in [2.05, 4.69) is 55.3 Å². The van der Waals surface area contributed by atoms with E-state index in [0.29, 0.717) is 12.6 Å². The van der Waals surface area contributed by atoms with E-state index in [1.807, 2.05) is 6.07 Å². The van der Waals surface area contributed by atoms with Crippen molar-refractivity contribution in [3.63, 3.8) is 0 Å². The monoisotopic (exact) mass is 415 g/mol. The van der Waals surface area contributed by atoms with Gasteiger partial charge in [0, 0.05) is 17.1 Å². The number of hydrogen-bond acceptors (Lipinski definition) is 2. The van der Waals surface area contributed by atoms with Crippen LogP contribution in [0.4, 0.5) is 0 Å². The molecule has 1 aromatic heterocycles. The highest BCUT2D eigenvalue weighted by Gasteiger charge is 2.19. The Morgan fingerprint density at radius 2 is 1.86 bits per heavy atom. The van der Waals surface area contributed by atoms with Crippen LogP contribution in [0.1, 0.15) is 48.8 Å². The number of likely N-dealkylation sites (N-methyl/N-ethyl adjacent to an activating group) is 1. The zero-order valence-corrected chi connectivity index (χ0v) is 19.0. The first-order chi connectivity index (χ1) is 13.8. The number of pyridine rings is 1. The highest BCUT2D eigenvalue weighted by molar-refractivity contribution is 7.80. The van der Waals surface area contributed by atoms with Crippen molar-refractivity contribution in [2.45, 2.75) is 58.5 Å². The van der Waals surface area contributed by atoms with Crippen LogP contribution in [0, 0.1) is 13.8 Å². The number of rotatable bonds is 6. The van der Waals surface area contributed by atoms with Gasteiger partial charge in [0.1, 0.15) is 0 Å². The molecule has 3 rings (SSSR count). The normalized spacial score (nSPS) is 15.1. The summed E-state index contributed by atoms with van der Waals surface area (Å²) in [5.74, 6) is 0. The van der Waals surface area contributed by atoms with E-state index in [1.165, 1.54) is 48.1 Å². The van der Waals surface area contributed by atoms with Crippen molar-refractivity contribution in [3.8, 4) is 0 Å². The molecule has 0 saturated heterocycles. The molecule has 29 heavy (non-hydrogen) atoms. The van der Waals surface area contributed by atoms with Gasteiger partial charge in [-0.05, 0) is 73.6 Å². The minimum atomic E-state index is -0.0246. The first kappa shape index (κ1) is 21.8. The third kappa shape index (κ3) is 5.80. The van der Waals surface area contributed by atoms with Gasteiger partial charge in [-0.25, -0.2) is 0 Å². The summed E-state index contributed by atoms with van der Waals surface area (Å²) in [6, 6.07) is 6.69. The van der Waals surface area contributed by atoms with Crippen LogP contribution < -0.4 is 15.8 Å². The topological polar surface area (TPSA) is 52.6 Å². The zero-order chi connectivity index (χ0) is 21.0. The molecule has 0 atom stereocenters. The lowest BCUT2D eigenvalue weighted by Gasteiger charge is -2.31. The highest BCUT2D eigenvalue weighted by atomic mass is 32.1. The Morgan fingerprint density at radius 3 is 2.55 bits per heavy atom. The second-order valence-electron chi connectivity index (χ2n) is 8.81. The van der Waals surface area contributed by atoms with Crippen LogP contribution in [0.25, 0.3) is 10.9 Å². The number of hydrogen-bond donors (Lipinski definition) is 3. The van der Waals surface area contributed by atoms with Crippen LogP contribution in [-0.2, 0) is 6.54 Å². The fourth-order valence-corrected chi connectivity index (χ4v) is 4.29. The molecule has 1 heterocycles. The van der Waals surface area contributed by atoms with Crippen molar-refractivity contribution >= 4 is 28.2 Å². The molecular weight excluding hydrogens is 380 g/mol. The average molecular weight is 416 g/mol. The Morgan fingerprint density at radius 1 is 1.17 bits per heavy atom. The van der Waals surface area contributed by atoms with Crippen molar-refractivity contribution in [2.24, 2.45) is 0 Å². The Bertz CT molecular complexity index is 915. The van der Waals surface area contributed by atoms with Crippen molar-refractivity contribution < 1.29 is 4.90 Å². The fraction of sp³-hybridized carbons (Fsp3) is 0.565. The van der Waals surface area contributed by atoms with Gasteiger partial charge in [0.25, 0.3) is 5.56 Å². The molecule has 0 radical (unpaired) electrons. The maximum atomic E-state index is 12.8. The first-order valence-corrected chi connectivity index (χ1v) is 11.2. The van der Waals surface area contributed by atoms with Gasteiger partial charge >= 0.3 is 0 Å². The van der Waals surface area contributed by atoms with E-state index in [1.54, 1.807) is 0 Å². The molecule has 1 aromatic carbocycles. The minimum absolute atomic E-state index is 0.0246. The molecule has 1 fully saturated rings. The van der Waals surface area contributed by atoms with Gasteiger partial charge < -0.3 is 20.1 Å². The van der Waals surface area contributed by atoms with Gasteiger partial charge in [-0.1, -0.05) is 19.3 Å². The molecule has 1 aliphatic carbocycles. The smallest absolute Gasteiger partial charge is 0.253 e. The molecule has 1 aliphatic rings. The SMILES string of the molecule is Cc1cc2cc(CN(CC[NH+](C)C)C(=S)NC3CCCCC3)c(=O)[nH]c2cc1C. The van der Waals surface area contributed by atoms with Crippen LogP contribution in [0.15, 0.2) is 23.0 Å². The number of H-pyrrole nitrogens is 1. The van der Waals surface area contributed by atoms with E-state index < -0.39 is 0 Å². The van der Waals surface area contributed by atoms with Gasteiger partial charge in [0.2, 0.25) is 0 Å². The molecular formula is C23H35N4OS+. The van der Waals surface area contributed by atoms with E-state index in [-0.39, 0.29) is 5.56 Å². The predicted molar refractivity (Wildman–Crippen MR) is 125 cm³/mol. The molecule has 0 amide bonds. The van der Waals surface area contributed by atoms with Crippen LogP contribution in [0.5, 0.6) is 0 Å². The second kappa shape index (κ2) is 9.72. The number of benzene rings is 1. The number of aromatic amines is 1. The lowest BCUT2D eigenvalue weighted by atomic mass is 9.96. The molecule has 6 heteroatoms. The molecule has 5 nitrogen and oxygen atoms in total. The fourth-order valence-electron chi connectivity index (χ4n) is 3.97. The quantitative estimate of drug-likeness (QED) is 0.634. The van der Waals surface area contributed by atoms with Crippen LogP contribution in [-0.4, -0.2) is 48.2 Å². The van der Waals surface area contributed by atoms with Gasteiger partial charge in [-0.2, -0.15) is 0 Å². The molecule has 2 aromatic rings. The molecule has 0 bridgehead atoms. The number of nitrogens with zero attached hydrogens (tertiary/aromatic N) is 1. The molecule has 0 aliphatic heterocycles. The van der Waals surface area contributed by atoms with E-state index in [9.17, 15) is 4.79 Å². The van der Waals surface area contributed by atoms with E-state index in [4.69, 9.17) is 12.2 Å². The summed E-state index contributed by atoms with van der Waals surface area (Å²) < 4.78 is 0. The minimum Gasteiger partial charge on any atom is -0.360 e. The maximum Gasteiger partial charge on any atom is 0.253 e. The maximum absolute atomic E-state index is 12.8. The van der Waals surface area contributed by atoms with Gasteiger partial charge in [-0.15, -0.1) is 0 Å². The lowest BCUT2D eigenvalue weighted by Crippen LogP contribution is -3.06. The Balaban J connectivity index is 1.82. The third-order valence-electron chi connectivity index (χ3n) is 6.00. The number of quaternary nitrogens is 1. The molecule has 0 unspecified atom stereocenters. The third-order valence-corrected chi connectivity index (χ3v) is 6.37. The van der Waals surface area contributed by atoms with Crippen LogP contribution in [0.3, 0.4) is 0 Å². The highest BCUT2D eigenvalue weighted by Crippen LogP contribution is 2.19. The van der Waals surface area contributed by atoms with Crippen molar-refractivity contribution in [2.75, 3.05) is 27.2 Å². The summed E-state index contributed by atoms with van der Waals surface area (Å²) in [7, 11) is 4.29. The Kier molecular flexibility index (Phi) is 7.30. The lowest BCUT2D eigenvalue weighted by molar-refractivity contribution is -0.857. The standard InChI is InChI=1S/C23H34N4OS/c1-16-12-18-14-19(22(28)25-21(18)13-17(16)2)15-27(11-10-26(3)4)23(29)24-20-8-6-5-7-9-20/h12-14,20H,5-11,15H2,1-4H3,(H,24,29)(H,25,28)/p+1. The Labute approximate surface area is 179 Å². The van der Waals surface area contributed by atoms with Crippen molar-refractivity contribution in [3.05, 3.63) is 45.2 Å². The number of thiocarbonyl (C=S) groups is 1. The van der Waals surface area contributed by atoms with Gasteiger partial charge in [0.05, 0.1) is 33.7 Å². The molecule has 0 spiro atoms. The second-order valence-corrected chi connectivity index (χ2v) is 9.20. The predicted octanol–water partition coefficient (Wildman–Crippen LogP) is 2.30. The van der Waals surface area contributed by atoms with Crippen LogP contribution in [0.2, 0.25) is 0 Å². The first-order valence-electron chi connectivity index (χ1n) is 10.8. The Hall–Kier alpha value is -1.92. The van der Waals surface area contributed by atoms with Gasteiger partial charge in [0.15, 0.2) is 5.11 Å². The van der Waals surface area contributed by atoms with Crippen molar-refractivity contribution in [1.29, 1.82) is 0 Å². The van der Waals surface area contributed by atoms with Crippen LogP contribution >= 0.6 is 12.2 Å². The summed E-state index contributed by atoms with van der Waals surface area (Å²) in [6.45, 7) is 6.50. The number of nitrogens with one attached hydrogen (secondary N) is 3. The average Bonchev–Trinajstić information content (AvgIpc) is 2.67. The number of fused-ring (bicyclic) bond motifs is 1. The zero-order valence-electron chi connectivity index (χ0n) is 18.2. The molecule has 3 N–H and O–H groups in total. The summed E-state index contributed by atoms with van der Waals surface area (Å²) in [5.41, 5.74) is 4.06. The van der Waals surface area contributed by atoms with E-state index in [0.717, 1.165) is 34.7 Å².